The van der Waals surface area contributed by atoms with E-state index in [0.717, 1.165) is 17.3 Å². The molecule has 0 bridgehead atoms. The summed E-state index contributed by atoms with van der Waals surface area (Å²) in [5, 5.41) is 44.0. The van der Waals surface area contributed by atoms with E-state index in [-0.39, 0.29) is 35.8 Å². The Kier molecular flexibility index (Phi) is 10.8. The first-order chi connectivity index (χ1) is 14.6. The third-order valence-electron chi connectivity index (χ3n) is 3.88. The van der Waals surface area contributed by atoms with Crippen LogP contribution in [0.3, 0.4) is 0 Å². The van der Waals surface area contributed by atoms with Gasteiger partial charge in [0.1, 0.15) is 29.4 Å². The SMILES string of the molecule is N[C@@H](CCC(=O)N[C@@H](CS/C(Cc1ccc(O)cc1)=N\O)C(=O)NCC(=O)O)C(=O)O. The number of aromatic hydroxyl groups is 1. The number of phenols is 1. The number of nitrogens with zero attached hydrogens (tertiary/aromatic N) is 1. The van der Waals surface area contributed by atoms with Crippen molar-refractivity contribution in [2.45, 2.75) is 31.3 Å². The van der Waals surface area contributed by atoms with Crippen molar-refractivity contribution in [2.24, 2.45) is 10.9 Å². The van der Waals surface area contributed by atoms with Gasteiger partial charge in [0.2, 0.25) is 11.8 Å². The minimum absolute atomic E-state index is 0.0689. The van der Waals surface area contributed by atoms with Crippen LogP contribution in [0.25, 0.3) is 0 Å². The smallest absolute Gasteiger partial charge is 0.322 e. The molecule has 13 heteroatoms. The van der Waals surface area contributed by atoms with E-state index >= 15 is 0 Å². The van der Waals surface area contributed by atoms with Crippen molar-refractivity contribution < 1.29 is 39.7 Å². The monoisotopic (exact) mass is 456 g/mol. The molecule has 0 unspecified atom stereocenters. The average Bonchev–Trinajstić information content (AvgIpc) is 2.73. The average molecular weight is 456 g/mol. The molecular formula is C18H24N4O8S. The Labute approximate surface area is 181 Å². The molecule has 0 aliphatic rings. The predicted molar refractivity (Wildman–Crippen MR) is 111 cm³/mol. The number of hydrogen-bond acceptors (Lipinski definition) is 9. The molecule has 0 aliphatic heterocycles. The van der Waals surface area contributed by atoms with Crippen molar-refractivity contribution >= 4 is 40.6 Å². The highest BCUT2D eigenvalue weighted by molar-refractivity contribution is 8.14. The second kappa shape index (κ2) is 13.1. The van der Waals surface area contributed by atoms with Crippen molar-refractivity contribution in [3.63, 3.8) is 0 Å². The summed E-state index contributed by atoms with van der Waals surface area (Å²) >= 11 is 0.958. The number of carboxylic acids is 2. The van der Waals surface area contributed by atoms with Crippen LogP contribution in [0.1, 0.15) is 18.4 Å². The zero-order valence-corrected chi connectivity index (χ0v) is 17.2. The number of carbonyl (C=O) groups is 4. The van der Waals surface area contributed by atoms with E-state index in [1.165, 1.54) is 12.1 Å². The molecule has 0 heterocycles. The van der Waals surface area contributed by atoms with Crippen LogP contribution in [0.2, 0.25) is 0 Å². The molecular weight excluding hydrogens is 432 g/mol. The molecule has 0 aromatic heterocycles. The van der Waals surface area contributed by atoms with Crippen molar-refractivity contribution in [3.8, 4) is 5.75 Å². The summed E-state index contributed by atoms with van der Waals surface area (Å²) in [6.45, 7) is -0.659. The van der Waals surface area contributed by atoms with Gasteiger partial charge in [-0.2, -0.15) is 0 Å². The van der Waals surface area contributed by atoms with E-state index in [9.17, 15) is 29.5 Å². The third-order valence-corrected chi connectivity index (χ3v) is 4.94. The van der Waals surface area contributed by atoms with Gasteiger partial charge in [-0.3, -0.25) is 19.2 Å². The van der Waals surface area contributed by atoms with Gasteiger partial charge in [-0.25, -0.2) is 0 Å². The van der Waals surface area contributed by atoms with Crippen LogP contribution in [0, 0.1) is 0 Å². The number of oxime groups is 1. The van der Waals surface area contributed by atoms with Crippen LogP contribution in [-0.4, -0.2) is 73.7 Å². The molecule has 1 rings (SSSR count). The molecule has 0 spiro atoms. The number of carbonyl (C=O) groups excluding carboxylic acids is 2. The topological polar surface area (TPSA) is 212 Å². The molecule has 0 aliphatic carbocycles. The van der Waals surface area contributed by atoms with Crippen molar-refractivity contribution in [1.82, 2.24) is 10.6 Å². The third kappa shape index (κ3) is 10.3. The number of nitrogens with one attached hydrogen (secondary N) is 2. The fourth-order valence-corrected chi connectivity index (χ4v) is 3.15. The number of benzene rings is 1. The molecule has 1 aromatic carbocycles. The summed E-state index contributed by atoms with van der Waals surface area (Å²) < 4.78 is 0. The van der Waals surface area contributed by atoms with Crippen LogP contribution in [0.5, 0.6) is 5.75 Å². The van der Waals surface area contributed by atoms with Crippen molar-refractivity contribution in [1.29, 1.82) is 0 Å². The minimum atomic E-state index is -1.27. The molecule has 0 saturated heterocycles. The Morgan fingerprint density at radius 1 is 1.13 bits per heavy atom. The molecule has 0 radical (unpaired) electrons. The molecule has 0 saturated carbocycles. The maximum absolute atomic E-state index is 12.3. The number of aliphatic carboxylic acids is 2. The molecule has 8 N–H and O–H groups in total. The molecule has 170 valence electrons. The lowest BCUT2D eigenvalue weighted by molar-refractivity contribution is -0.139. The molecule has 12 nitrogen and oxygen atoms in total. The highest BCUT2D eigenvalue weighted by Crippen LogP contribution is 2.15. The molecule has 0 fully saturated rings. The highest BCUT2D eigenvalue weighted by Gasteiger charge is 2.23. The Morgan fingerprint density at radius 3 is 2.32 bits per heavy atom. The van der Waals surface area contributed by atoms with Crippen molar-refractivity contribution in [3.05, 3.63) is 29.8 Å². The normalized spacial score (nSPS) is 13.1. The number of carboxylic acid groups (broad SMARTS) is 2. The highest BCUT2D eigenvalue weighted by atomic mass is 32.2. The van der Waals surface area contributed by atoms with Crippen LogP contribution < -0.4 is 16.4 Å². The largest absolute Gasteiger partial charge is 0.508 e. The Morgan fingerprint density at radius 2 is 1.77 bits per heavy atom. The summed E-state index contributed by atoms with van der Waals surface area (Å²) in [7, 11) is 0. The van der Waals surface area contributed by atoms with Gasteiger partial charge in [-0.1, -0.05) is 17.3 Å². The zero-order valence-electron chi connectivity index (χ0n) is 16.4. The second-order valence-electron chi connectivity index (χ2n) is 6.36. The number of nitrogens with two attached hydrogens (primary N) is 1. The van der Waals surface area contributed by atoms with E-state index in [2.05, 4.69) is 15.8 Å². The standard InChI is InChI=1S/C18H24N4O8S/c19-12(18(28)29)5-6-14(24)21-13(17(27)20-8-16(25)26)9-31-15(22-30)7-10-1-3-11(23)4-2-10/h1-4,12-13,23,30H,5-9,19H2,(H,20,27)(H,21,24)(H,25,26)(H,28,29)/b22-15-/t12-,13-/m0/s1. The lowest BCUT2D eigenvalue weighted by atomic mass is 10.1. The first kappa shape index (κ1) is 25.7. The number of thioether (sulfide) groups is 1. The second-order valence-corrected chi connectivity index (χ2v) is 7.46. The van der Waals surface area contributed by atoms with E-state index in [1.807, 2.05) is 0 Å². The summed E-state index contributed by atoms with van der Waals surface area (Å²) in [5.74, 6) is -3.97. The summed E-state index contributed by atoms with van der Waals surface area (Å²) in [4.78, 5) is 45.8. The van der Waals surface area contributed by atoms with Gasteiger partial charge < -0.3 is 36.9 Å². The maximum Gasteiger partial charge on any atom is 0.322 e. The van der Waals surface area contributed by atoms with Crippen LogP contribution in [-0.2, 0) is 25.6 Å². The number of rotatable bonds is 12. The molecule has 2 amide bonds. The lowest BCUT2D eigenvalue weighted by Gasteiger charge is -2.18. The van der Waals surface area contributed by atoms with Gasteiger partial charge in [0.15, 0.2) is 0 Å². The minimum Gasteiger partial charge on any atom is -0.508 e. The number of phenolic OH excluding ortho intramolecular Hbond substituents is 1. The van der Waals surface area contributed by atoms with E-state index in [0.29, 0.717) is 0 Å². The lowest BCUT2D eigenvalue weighted by Crippen LogP contribution is -2.49. The van der Waals surface area contributed by atoms with Gasteiger partial charge in [0.25, 0.3) is 0 Å². The van der Waals surface area contributed by atoms with E-state index in [1.54, 1.807) is 12.1 Å². The zero-order chi connectivity index (χ0) is 23.4. The Hall–Kier alpha value is -3.32. The van der Waals surface area contributed by atoms with Crippen LogP contribution in [0.4, 0.5) is 0 Å². The van der Waals surface area contributed by atoms with Gasteiger partial charge in [0.05, 0.1) is 0 Å². The Bertz CT molecular complexity index is 815. The number of hydrogen-bond donors (Lipinski definition) is 7. The number of amides is 2. The van der Waals surface area contributed by atoms with Gasteiger partial charge >= 0.3 is 11.9 Å². The molecule has 31 heavy (non-hydrogen) atoms. The summed E-state index contributed by atoms with van der Waals surface area (Å²) in [6, 6.07) is 3.74. The predicted octanol–water partition coefficient (Wildman–Crippen LogP) is -0.667. The van der Waals surface area contributed by atoms with Crippen LogP contribution in [0.15, 0.2) is 29.4 Å². The molecule has 1 aromatic rings. The maximum atomic E-state index is 12.3. The van der Waals surface area contributed by atoms with Crippen molar-refractivity contribution in [2.75, 3.05) is 12.3 Å². The first-order valence-corrected chi connectivity index (χ1v) is 9.99. The van der Waals surface area contributed by atoms with Gasteiger partial charge in [-0.05, 0) is 24.1 Å². The fraction of sp³-hybridized carbons (Fsp3) is 0.389. The van der Waals surface area contributed by atoms with Gasteiger partial charge in [0, 0.05) is 18.6 Å². The Balaban J connectivity index is 2.74. The summed E-state index contributed by atoms with van der Waals surface area (Å²) in [6.07, 6.45) is -0.219. The van der Waals surface area contributed by atoms with Gasteiger partial charge in [-0.15, -0.1) is 11.8 Å². The van der Waals surface area contributed by atoms with E-state index < -0.39 is 42.4 Å². The quantitative estimate of drug-likeness (QED) is 0.0912. The molecule has 2 atom stereocenters. The summed E-state index contributed by atoms with van der Waals surface area (Å²) in [5.41, 5.74) is 6.07. The van der Waals surface area contributed by atoms with Crippen LogP contribution >= 0.6 is 11.8 Å². The first-order valence-electron chi connectivity index (χ1n) is 9.01. The van der Waals surface area contributed by atoms with E-state index in [4.69, 9.17) is 15.9 Å². The fourth-order valence-electron chi connectivity index (χ4n) is 2.23.